The topological polar surface area (TPSA) is 71.4 Å². The summed E-state index contributed by atoms with van der Waals surface area (Å²) in [5.41, 5.74) is 0.214. The number of carboxylic acid groups (broad SMARTS) is 1. The lowest BCUT2D eigenvalue weighted by Crippen LogP contribution is -2.30. The molecule has 0 aliphatic heterocycles. The SMILES string of the molecule is CC(=O)C(C(=O)O)C(=O)c1ccc(Br)cc1. The molecule has 4 nitrogen and oxygen atoms in total. The van der Waals surface area contributed by atoms with Crippen LogP contribution >= 0.6 is 15.9 Å². The maximum absolute atomic E-state index is 11.7. The van der Waals surface area contributed by atoms with Crippen molar-refractivity contribution in [2.75, 3.05) is 0 Å². The van der Waals surface area contributed by atoms with E-state index in [-0.39, 0.29) is 5.56 Å². The average molecular weight is 285 g/mol. The molecule has 0 heterocycles. The van der Waals surface area contributed by atoms with Gasteiger partial charge in [0.15, 0.2) is 17.5 Å². The molecule has 1 unspecified atom stereocenters. The van der Waals surface area contributed by atoms with E-state index in [0.29, 0.717) is 0 Å². The predicted molar refractivity (Wildman–Crippen MR) is 60.3 cm³/mol. The summed E-state index contributed by atoms with van der Waals surface area (Å²) in [5.74, 6) is -4.38. The van der Waals surface area contributed by atoms with E-state index >= 15 is 0 Å². The molecule has 1 N–H and O–H groups in total. The van der Waals surface area contributed by atoms with Gasteiger partial charge < -0.3 is 5.11 Å². The minimum absolute atomic E-state index is 0.214. The fourth-order valence-electron chi connectivity index (χ4n) is 1.25. The molecule has 16 heavy (non-hydrogen) atoms. The van der Waals surface area contributed by atoms with E-state index in [1.807, 2.05) is 0 Å². The van der Waals surface area contributed by atoms with E-state index in [9.17, 15) is 14.4 Å². The van der Waals surface area contributed by atoms with Gasteiger partial charge in [-0.05, 0) is 19.1 Å². The third-order valence-electron chi connectivity index (χ3n) is 2.04. The fourth-order valence-corrected chi connectivity index (χ4v) is 1.52. The van der Waals surface area contributed by atoms with Gasteiger partial charge in [0.25, 0.3) is 0 Å². The molecule has 0 saturated heterocycles. The van der Waals surface area contributed by atoms with E-state index in [2.05, 4.69) is 15.9 Å². The molecular weight excluding hydrogens is 276 g/mol. The monoisotopic (exact) mass is 284 g/mol. The van der Waals surface area contributed by atoms with E-state index in [4.69, 9.17) is 5.11 Å². The van der Waals surface area contributed by atoms with Gasteiger partial charge in [0.1, 0.15) is 0 Å². The quantitative estimate of drug-likeness (QED) is 0.677. The number of Topliss-reactive ketones (excluding diaryl/α,β-unsaturated/α-hetero) is 2. The molecule has 1 rings (SSSR count). The van der Waals surface area contributed by atoms with Crippen LogP contribution in [0.5, 0.6) is 0 Å². The Morgan fingerprint density at radius 1 is 1.19 bits per heavy atom. The first-order valence-electron chi connectivity index (χ1n) is 4.46. The average Bonchev–Trinajstić information content (AvgIpc) is 2.17. The number of carbonyl (C=O) groups is 3. The molecule has 84 valence electrons. The molecule has 0 saturated carbocycles. The van der Waals surface area contributed by atoms with Crippen LogP contribution in [0.1, 0.15) is 17.3 Å². The van der Waals surface area contributed by atoms with Crippen molar-refractivity contribution < 1.29 is 19.5 Å². The molecule has 0 fully saturated rings. The summed E-state index contributed by atoms with van der Waals surface area (Å²) in [4.78, 5) is 33.6. The lowest BCUT2D eigenvalue weighted by molar-refractivity contribution is -0.143. The van der Waals surface area contributed by atoms with Crippen molar-refractivity contribution in [3.8, 4) is 0 Å². The Hall–Kier alpha value is -1.49. The molecule has 1 atom stereocenters. The fraction of sp³-hybridized carbons (Fsp3) is 0.182. The number of carboxylic acids is 1. The first kappa shape index (κ1) is 12.6. The molecule has 0 bridgehead atoms. The molecule has 0 aromatic heterocycles. The predicted octanol–water partition coefficient (Wildman–Crippen LogP) is 1.92. The molecular formula is C11H9BrO4. The smallest absolute Gasteiger partial charge is 0.322 e. The molecule has 1 aromatic carbocycles. The van der Waals surface area contributed by atoms with Crippen LogP contribution in [0, 0.1) is 5.92 Å². The second kappa shape index (κ2) is 5.03. The van der Waals surface area contributed by atoms with Crippen LogP contribution in [0.15, 0.2) is 28.7 Å². The van der Waals surface area contributed by atoms with Gasteiger partial charge in [0.05, 0.1) is 0 Å². The number of halogens is 1. The van der Waals surface area contributed by atoms with E-state index in [1.165, 1.54) is 12.1 Å². The number of carbonyl (C=O) groups excluding carboxylic acids is 2. The second-order valence-corrected chi connectivity index (χ2v) is 4.17. The number of benzene rings is 1. The maximum atomic E-state index is 11.7. The Bertz CT molecular complexity index is 422. The van der Waals surface area contributed by atoms with Crippen LogP contribution in [0.3, 0.4) is 0 Å². The molecule has 0 amide bonds. The Morgan fingerprint density at radius 3 is 2.06 bits per heavy atom. The van der Waals surface area contributed by atoms with Crippen LogP contribution in [0.2, 0.25) is 0 Å². The first-order valence-corrected chi connectivity index (χ1v) is 5.26. The highest BCUT2D eigenvalue weighted by atomic mass is 79.9. The summed E-state index contributed by atoms with van der Waals surface area (Å²) in [7, 11) is 0. The number of aliphatic carboxylic acids is 1. The minimum Gasteiger partial charge on any atom is -0.480 e. The van der Waals surface area contributed by atoms with E-state index in [1.54, 1.807) is 12.1 Å². The lowest BCUT2D eigenvalue weighted by atomic mass is 9.94. The third kappa shape index (κ3) is 2.76. The normalized spacial score (nSPS) is 11.9. The number of hydrogen-bond donors (Lipinski definition) is 1. The Morgan fingerprint density at radius 2 is 1.69 bits per heavy atom. The summed E-state index contributed by atoms with van der Waals surface area (Å²) in [6, 6.07) is 6.19. The molecule has 0 aliphatic rings. The minimum atomic E-state index is -1.61. The molecule has 0 aliphatic carbocycles. The zero-order valence-corrected chi connectivity index (χ0v) is 10.0. The van der Waals surface area contributed by atoms with Gasteiger partial charge in [0, 0.05) is 10.0 Å². The van der Waals surface area contributed by atoms with Crippen LogP contribution in [0.4, 0.5) is 0 Å². The van der Waals surface area contributed by atoms with Crippen molar-refractivity contribution in [1.29, 1.82) is 0 Å². The molecule has 0 radical (unpaired) electrons. The standard InChI is InChI=1S/C11H9BrO4/c1-6(13)9(11(15)16)10(14)7-2-4-8(12)5-3-7/h2-5,9H,1H3,(H,15,16). The summed E-state index contributed by atoms with van der Waals surface area (Å²) in [6.07, 6.45) is 0. The highest BCUT2D eigenvalue weighted by molar-refractivity contribution is 9.10. The van der Waals surface area contributed by atoms with Crippen LogP contribution < -0.4 is 0 Å². The zero-order chi connectivity index (χ0) is 12.3. The summed E-state index contributed by atoms with van der Waals surface area (Å²) < 4.78 is 0.777. The van der Waals surface area contributed by atoms with Crippen molar-refractivity contribution in [3.63, 3.8) is 0 Å². The van der Waals surface area contributed by atoms with Gasteiger partial charge in [-0.3, -0.25) is 14.4 Å². The van der Waals surface area contributed by atoms with Crippen LogP contribution in [-0.4, -0.2) is 22.6 Å². The van der Waals surface area contributed by atoms with Gasteiger partial charge in [-0.25, -0.2) is 0 Å². The van der Waals surface area contributed by atoms with Crippen molar-refractivity contribution >= 4 is 33.5 Å². The number of rotatable bonds is 4. The number of ketones is 2. The first-order chi connectivity index (χ1) is 7.43. The van der Waals surface area contributed by atoms with E-state index < -0.39 is 23.5 Å². The summed E-state index contributed by atoms with van der Waals surface area (Å²) in [5, 5.41) is 8.78. The van der Waals surface area contributed by atoms with Gasteiger partial charge >= 0.3 is 5.97 Å². The zero-order valence-electron chi connectivity index (χ0n) is 8.44. The molecule has 1 aromatic rings. The largest absolute Gasteiger partial charge is 0.480 e. The van der Waals surface area contributed by atoms with Crippen LogP contribution in [0.25, 0.3) is 0 Å². The van der Waals surface area contributed by atoms with Crippen molar-refractivity contribution in [3.05, 3.63) is 34.3 Å². The second-order valence-electron chi connectivity index (χ2n) is 3.25. The summed E-state index contributed by atoms with van der Waals surface area (Å²) in [6.45, 7) is 1.09. The molecule has 0 spiro atoms. The Kier molecular flexibility index (Phi) is 3.95. The van der Waals surface area contributed by atoms with Gasteiger partial charge in [-0.15, -0.1) is 0 Å². The van der Waals surface area contributed by atoms with Crippen LogP contribution in [-0.2, 0) is 9.59 Å². The third-order valence-corrected chi connectivity index (χ3v) is 2.57. The van der Waals surface area contributed by atoms with Crippen molar-refractivity contribution in [2.24, 2.45) is 5.92 Å². The highest BCUT2D eigenvalue weighted by Crippen LogP contribution is 2.15. The Labute approximate surface area is 100 Å². The summed E-state index contributed by atoms with van der Waals surface area (Å²) >= 11 is 3.19. The van der Waals surface area contributed by atoms with E-state index in [0.717, 1.165) is 11.4 Å². The lowest BCUT2D eigenvalue weighted by Gasteiger charge is -2.07. The van der Waals surface area contributed by atoms with Gasteiger partial charge in [-0.2, -0.15) is 0 Å². The number of hydrogen-bond acceptors (Lipinski definition) is 3. The highest BCUT2D eigenvalue weighted by Gasteiger charge is 2.31. The molecule has 5 heteroatoms. The maximum Gasteiger partial charge on any atom is 0.322 e. The van der Waals surface area contributed by atoms with Crippen molar-refractivity contribution in [1.82, 2.24) is 0 Å². The van der Waals surface area contributed by atoms with Crippen molar-refractivity contribution in [2.45, 2.75) is 6.92 Å². The van der Waals surface area contributed by atoms with Gasteiger partial charge in [0.2, 0.25) is 0 Å². The Balaban J connectivity index is 3.04. The van der Waals surface area contributed by atoms with Gasteiger partial charge in [-0.1, -0.05) is 28.1 Å².